The van der Waals surface area contributed by atoms with Crippen LogP contribution in [0.4, 0.5) is 0 Å². The third-order valence-electron chi connectivity index (χ3n) is 9.19. The van der Waals surface area contributed by atoms with Gasteiger partial charge in [0.05, 0.1) is 32.0 Å². The number of aliphatic hydroxyl groups excluding tert-OH is 8. The number of hydrogen-bond acceptors (Lipinski definition) is 13. The number of amides is 1. The predicted octanol–water partition coefficient (Wildman–Crippen LogP) is 0.920. The maximum Gasteiger partial charge on any atom is 0.220 e. The molecule has 1 amide bonds. The van der Waals surface area contributed by atoms with Crippen molar-refractivity contribution >= 4 is 5.91 Å². The summed E-state index contributed by atoms with van der Waals surface area (Å²) in [5.41, 5.74) is 0. The zero-order chi connectivity index (χ0) is 36.2. The van der Waals surface area contributed by atoms with Crippen LogP contribution in [0, 0.1) is 0 Å². The topological polar surface area (TPSA) is 228 Å². The highest BCUT2D eigenvalue weighted by molar-refractivity contribution is 5.76. The fourth-order valence-electron chi connectivity index (χ4n) is 6.10. The van der Waals surface area contributed by atoms with Crippen LogP contribution in [0.5, 0.6) is 0 Å². The molecule has 2 heterocycles. The number of carbonyl (C=O) groups is 1. The molecule has 12 unspecified atom stereocenters. The number of unbranched alkanes of at least 4 members (excludes halogenated alkanes) is 12. The minimum absolute atomic E-state index is 0.233. The largest absolute Gasteiger partial charge is 0.394 e. The third-order valence-corrected chi connectivity index (χ3v) is 9.19. The van der Waals surface area contributed by atoms with Gasteiger partial charge in [0.15, 0.2) is 12.6 Å². The Morgan fingerprint density at radius 2 is 1.27 bits per heavy atom. The van der Waals surface area contributed by atoms with E-state index in [1.807, 2.05) is 13.0 Å². The maximum absolute atomic E-state index is 12.4. The van der Waals surface area contributed by atoms with Gasteiger partial charge < -0.3 is 65.1 Å². The lowest BCUT2D eigenvalue weighted by atomic mass is 9.97. The Balaban J connectivity index is 1.86. The zero-order valence-electron chi connectivity index (χ0n) is 29.4. The lowest BCUT2D eigenvalue weighted by Gasteiger charge is -2.46. The van der Waals surface area contributed by atoms with Crippen molar-refractivity contribution < 1.29 is 64.6 Å². The van der Waals surface area contributed by atoms with E-state index in [0.29, 0.717) is 6.42 Å². The lowest BCUT2D eigenvalue weighted by Crippen LogP contribution is -2.65. The molecule has 49 heavy (non-hydrogen) atoms. The van der Waals surface area contributed by atoms with Crippen LogP contribution >= 0.6 is 0 Å². The molecule has 0 aromatic carbocycles. The van der Waals surface area contributed by atoms with Crippen molar-refractivity contribution in [1.29, 1.82) is 0 Å². The summed E-state index contributed by atoms with van der Waals surface area (Å²) in [5, 5.41) is 85.2. The Morgan fingerprint density at radius 3 is 1.84 bits per heavy atom. The molecular weight excluding hydrogens is 642 g/mol. The molecular formula is C35H65NO13. The van der Waals surface area contributed by atoms with Crippen LogP contribution in [-0.4, -0.2) is 140 Å². The van der Waals surface area contributed by atoms with Crippen molar-refractivity contribution in [2.24, 2.45) is 0 Å². The first kappa shape index (κ1) is 43.9. The smallest absolute Gasteiger partial charge is 0.220 e. The van der Waals surface area contributed by atoms with Crippen molar-refractivity contribution in [3.05, 3.63) is 12.2 Å². The summed E-state index contributed by atoms with van der Waals surface area (Å²) in [7, 11) is 0. The van der Waals surface area contributed by atoms with Gasteiger partial charge in [0.25, 0.3) is 0 Å². The van der Waals surface area contributed by atoms with Gasteiger partial charge in [-0.1, -0.05) is 96.6 Å². The van der Waals surface area contributed by atoms with Crippen LogP contribution in [0.2, 0.25) is 0 Å². The van der Waals surface area contributed by atoms with Gasteiger partial charge in [-0.05, 0) is 19.3 Å². The van der Waals surface area contributed by atoms with Gasteiger partial charge in [-0.2, -0.15) is 0 Å². The quantitative estimate of drug-likeness (QED) is 0.0476. The van der Waals surface area contributed by atoms with Gasteiger partial charge in [0, 0.05) is 6.42 Å². The minimum atomic E-state index is -1.78. The van der Waals surface area contributed by atoms with E-state index in [1.165, 1.54) is 64.2 Å². The van der Waals surface area contributed by atoms with Crippen LogP contribution in [-0.2, 0) is 23.7 Å². The van der Waals surface area contributed by atoms with Crippen LogP contribution in [0.3, 0.4) is 0 Å². The molecule has 0 radical (unpaired) electrons. The van der Waals surface area contributed by atoms with E-state index >= 15 is 0 Å². The van der Waals surface area contributed by atoms with Crippen molar-refractivity contribution in [2.75, 3.05) is 19.8 Å². The molecule has 288 valence electrons. The fraction of sp³-hybridized carbons (Fsp3) is 0.914. The zero-order valence-corrected chi connectivity index (χ0v) is 29.4. The molecule has 0 aliphatic carbocycles. The number of allylic oxidation sites excluding steroid dienone is 1. The van der Waals surface area contributed by atoms with Gasteiger partial charge in [-0.15, -0.1) is 0 Å². The second-order valence-corrected chi connectivity index (χ2v) is 13.4. The molecule has 12 atom stereocenters. The third kappa shape index (κ3) is 15.1. The number of nitrogens with one attached hydrogen (secondary N) is 1. The number of carbonyl (C=O) groups excluding carboxylic acids is 1. The second-order valence-electron chi connectivity index (χ2n) is 13.4. The molecule has 0 spiro atoms. The Labute approximate surface area is 291 Å². The van der Waals surface area contributed by atoms with E-state index in [-0.39, 0.29) is 18.9 Å². The Bertz CT molecular complexity index is 894. The normalized spacial score (nSPS) is 32.0. The molecule has 2 aliphatic heterocycles. The van der Waals surface area contributed by atoms with Gasteiger partial charge in [0.1, 0.15) is 48.8 Å². The molecule has 9 N–H and O–H groups in total. The molecule has 14 heteroatoms. The standard InChI is InChI=1S/C35H65NO13/c1-3-5-6-7-8-9-10-11-12-13-14-15-16-17-19-24(39)23(36-27(40)18-4-2)22-46-34-32(45)30(43)33(26(21-38)48-34)49-35-31(44)29(42)28(41)25(20-37)47-35/h17,19,23-26,28-35,37-39,41-45H,3-16,18,20-22H2,1-2H3,(H,36,40)/b19-17+. The average molecular weight is 708 g/mol. The molecule has 2 fully saturated rings. The van der Waals surface area contributed by atoms with E-state index < -0.39 is 86.8 Å². The van der Waals surface area contributed by atoms with Crippen LogP contribution in [0.15, 0.2) is 12.2 Å². The van der Waals surface area contributed by atoms with Crippen molar-refractivity contribution in [3.63, 3.8) is 0 Å². The van der Waals surface area contributed by atoms with E-state index in [2.05, 4.69) is 12.2 Å². The summed E-state index contributed by atoms with van der Waals surface area (Å²) < 4.78 is 22.3. The number of ether oxygens (including phenoxy) is 4. The van der Waals surface area contributed by atoms with Gasteiger partial charge in [-0.25, -0.2) is 0 Å². The fourth-order valence-corrected chi connectivity index (χ4v) is 6.10. The highest BCUT2D eigenvalue weighted by Gasteiger charge is 2.50. The first-order valence-corrected chi connectivity index (χ1v) is 18.4. The molecule has 0 saturated carbocycles. The summed E-state index contributed by atoms with van der Waals surface area (Å²) >= 11 is 0. The highest BCUT2D eigenvalue weighted by Crippen LogP contribution is 2.29. The first-order valence-electron chi connectivity index (χ1n) is 18.4. The minimum Gasteiger partial charge on any atom is -0.394 e. The SMILES string of the molecule is CCCCCCCCCCCCCC/C=C/C(O)C(COC1OC(CO)C(OC2OC(CO)C(O)C(O)C2O)C(O)C1O)NC(=O)CCC. The predicted molar refractivity (Wildman–Crippen MR) is 180 cm³/mol. The Hall–Kier alpha value is -1.27. The van der Waals surface area contributed by atoms with Crippen LogP contribution in [0.1, 0.15) is 110 Å². The number of aliphatic hydroxyl groups is 8. The molecule has 2 aliphatic rings. The van der Waals surface area contributed by atoms with Crippen molar-refractivity contribution in [2.45, 2.75) is 184 Å². The molecule has 0 bridgehead atoms. The summed E-state index contributed by atoms with van der Waals surface area (Å²) in [6, 6.07) is -0.902. The Morgan fingerprint density at radius 1 is 0.714 bits per heavy atom. The van der Waals surface area contributed by atoms with E-state index in [1.54, 1.807) is 6.08 Å². The highest BCUT2D eigenvalue weighted by atomic mass is 16.7. The van der Waals surface area contributed by atoms with E-state index in [0.717, 1.165) is 19.3 Å². The van der Waals surface area contributed by atoms with Gasteiger partial charge in [-0.3, -0.25) is 4.79 Å². The molecule has 0 aromatic rings. The van der Waals surface area contributed by atoms with Crippen LogP contribution < -0.4 is 5.32 Å². The number of hydrogen-bond donors (Lipinski definition) is 9. The van der Waals surface area contributed by atoms with Gasteiger partial charge in [0.2, 0.25) is 5.91 Å². The molecule has 2 saturated heterocycles. The average Bonchev–Trinajstić information content (AvgIpc) is 3.09. The molecule has 14 nitrogen and oxygen atoms in total. The summed E-state index contributed by atoms with van der Waals surface area (Å²) in [6.45, 7) is 2.36. The summed E-state index contributed by atoms with van der Waals surface area (Å²) in [4.78, 5) is 12.4. The second kappa shape index (κ2) is 24.8. The molecule has 0 aromatic heterocycles. The van der Waals surface area contributed by atoms with E-state index in [9.17, 15) is 45.6 Å². The van der Waals surface area contributed by atoms with Crippen molar-refractivity contribution in [1.82, 2.24) is 5.32 Å². The monoisotopic (exact) mass is 707 g/mol. The van der Waals surface area contributed by atoms with Crippen molar-refractivity contribution in [3.8, 4) is 0 Å². The summed E-state index contributed by atoms with van der Waals surface area (Å²) in [6.07, 6.45) is 3.16. The van der Waals surface area contributed by atoms with Gasteiger partial charge >= 0.3 is 0 Å². The Kier molecular flexibility index (Phi) is 22.2. The maximum atomic E-state index is 12.4. The lowest BCUT2D eigenvalue weighted by molar-refractivity contribution is -0.359. The first-order chi connectivity index (χ1) is 23.6. The number of rotatable bonds is 25. The van der Waals surface area contributed by atoms with Crippen LogP contribution in [0.25, 0.3) is 0 Å². The van der Waals surface area contributed by atoms with E-state index in [4.69, 9.17) is 18.9 Å². The molecule has 2 rings (SSSR count). The summed E-state index contributed by atoms with van der Waals surface area (Å²) in [5.74, 6) is -0.295.